The van der Waals surface area contributed by atoms with Crippen molar-refractivity contribution in [2.45, 2.75) is 0 Å². The van der Waals surface area contributed by atoms with Crippen molar-refractivity contribution in [1.82, 2.24) is 5.54 Å². The van der Waals surface area contributed by atoms with Gasteiger partial charge >= 0.3 is 0 Å². The van der Waals surface area contributed by atoms with Gasteiger partial charge in [-0.1, -0.05) is 19.2 Å². The highest BCUT2D eigenvalue weighted by atomic mass is 19.2. The number of hydrogen-bond acceptors (Lipinski definition) is 2. The monoisotopic (exact) mass is 143 g/mol. The molecule has 0 aromatic heterocycles. The van der Waals surface area contributed by atoms with Crippen molar-refractivity contribution in [2.75, 3.05) is 6.54 Å². The van der Waals surface area contributed by atoms with Crippen molar-refractivity contribution in [2.24, 2.45) is 0 Å². The summed E-state index contributed by atoms with van der Waals surface area (Å²) in [6.45, 7) is 6.64. The quantitative estimate of drug-likeness (QED) is 0.356. The van der Waals surface area contributed by atoms with Crippen LogP contribution in [0.25, 0.3) is 0 Å². The Morgan fingerprint density at radius 1 is 1.70 bits per heavy atom. The van der Waals surface area contributed by atoms with Crippen LogP contribution in [-0.4, -0.2) is 11.7 Å². The average Bonchev–Trinajstić information content (AvgIpc) is 1.86. The summed E-state index contributed by atoms with van der Waals surface area (Å²) in [4.78, 5) is 0. The van der Waals surface area contributed by atoms with E-state index in [2.05, 4.69) is 13.2 Å². The van der Waals surface area contributed by atoms with E-state index in [1.807, 2.05) is 0 Å². The molecule has 0 radical (unpaired) electrons. The van der Waals surface area contributed by atoms with Gasteiger partial charge < -0.3 is 5.11 Å². The van der Waals surface area contributed by atoms with Crippen LogP contribution in [0.1, 0.15) is 0 Å². The van der Waals surface area contributed by atoms with Gasteiger partial charge in [-0.05, 0) is 11.6 Å². The van der Waals surface area contributed by atoms with Crippen molar-refractivity contribution in [1.29, 1.82) is 0 Å². The average molecular weight is 143 g/mol. The minimum absolute atomic E-state index is 0.0308. The minimum Gasteiger partial charge on any atom is -0.509 e. The largest absolute Gasteiger partial charge is 0.509 e. The molecule has 10 heavy (non-hydrogen) atoms. The Kier molecular flexibility index (Phi) is 4.24. The van der Waals surface area contributed by atoms with E-state index in [9.17, 15) is 4.48 Å². The van der Waals surface area contributed by atoms with Gasteiger partial charge in [-0.2, -0.15) is 5.54 Å². The molecule has 0 saturated heterocycles. The first-order valence-electron chi connectivity index (χ1n) is 2.75. The number of halogens is 1. The minimum atomic E-state index is -0.106. The summed E-state index contributed by atoms with van der Waals surface area (Å²) < 4.78 is 11.4. The second-order valence-corrected chi connectivity index (χ2v) is 1.73. The summed E-state index contributed by atoms with van der Waals surface area (Å²) in [6, 6.07) is 0. The molecule has 0 heterocycles. The summed E-state index contributed by atoms with van der Waals surface area (Å²) in [6.07, 6.45) is 2.77. The summed E-state index contributed by atoms with van der Waals surface area (Å²) in [7, 11) is 0. The Hall–Kier alpha value is -1.09. The molecular formula is C7H10FNO. The van der Waals surface area contributed by atoms with Crippen molar-refractivity contribution < 1.29 is 9.59 Å². The Bertz CT molecular complexity index is 163. The van der Waals surface area contributed by atoms with E-state index < -0.39 is 0 Å². The van der Waals surface area contributed by atoms with E-state index in [0.717, 1.165) is 0 Å². The van der Waals surface area contributed by atoms with Gasteiger partial charge in [0, 0.05) is 0 Å². The first kappa shape index (κ1) is 8.91. The fraction of sp³-hybridized carbons (Fsp3) is 0.143. The number of nitrogens with one attached hydrogen (secondary N) is 1. The summed E-state index contributed by atoms with van der Waals surface area (Å²) >= 11 is 0. The molecule has 56 valence electrons. The maximum absolute atomic E-state index is 11.4. The van der Waals surface area contributed by atoms with Crippen molar-refractivity contribution in [3.63, 3.8) is 0 Å². The molecule has 0 aliphatic rings. The van der Waals surface area contributed by atoms with Crippen molar-refractivity contribution in [3.05, 3.63) is 36.6 Å². The number of allylic oxidation sites excluding steroid dienone is 1. The number of aliphatic hydroxyl groups excluding tert-OH is 1. The van der Waals surface area contributed by atoms with Crippen LogP contribution < -0.4 is 5.54 Å². The Labute approximate surface area is 59.3 Å². The van der Waals surface area contributed by atoms with Crippen LogP contribution >= 0.6 is 0 Å². The third-order valence-electron chi connectivity index (χ3n) is 0.885. The molecule has 0 aliphatic carbocycles. The highest BCUT2D eigenvalue weighted by molar-refractivity contribution is 5.24. The van der Waals surface area contributed by atoms with Gasteiger partial charge in [-0.25, -0.2) is 0 Å². The van der Waals surface area contributed by atoms with Crippen molar-refractivity contribution in [3.8, 4) is 0 Å². The topological polar surface area (TPSA) is 32.3 Å². The maximum Gasteiger partial charge on any atom is 0.108 e. The molecule has 0 aliphatic heterocycles. The van der Waals surface area contributed by atoms with Gasteiger partial charge in [0.25, 0.3) is 0 Å². The summed E-state index contributed by atoms with van der Waals surface area (Å²) in [5.41, 5.74) is 1.98. The number of rotatable bonds is 4. The summed E-state index contributed by atoms with van der Waals surface area (Å²) in [5, 5.41) is 8.61. The zero-order valence-electron chi connectivity index (χ0n) is 5.60. The zero-order chi connectivity index (χ0) is 7.98. The lowest BCUT2D eigenvalue weighted by Crippen LogP contribution is -2.04. The fourth-order valence-corrected chi connectivity index (χ4v) is 0.473. The fourth-order valence-electron chi connectivity index (χ4n) is 0.473. The molecule has 0 rings (SSSR count). The van der Waals surface area contributed by atoms with Crippen LogP contribution in [0.5, 0.6) is 0 Å². The Morgan fingerprint density at radius 3 is 2.60 bits per heavy atom. The van der Waals surface area contributed by atoms with Gasteiger partial charge in [-0.3, -0.25) is 0 Å². The van der Waals surface area contributed by atoms with Gasteiger partial charge in [0.1, 0.15) is 5.76 Å². The normalized spacial score (nSPS) is 11.1. The molecule has 0 atom stereocenters. The highest BCUT2D eigenvalue weighted by Gasteiger charge is 1.90. The molecule has 0 aromatic rings. The van der Waals surface area contributed by atoms with Gasteiger partial charge in [0.15, 0.2) is 0 Å². The Morgan fingerprint density at radius 2 is 2.30 bits per heavy atom. The predicted molar refractivity (Wildman–Crippen MR) is 39.2 cm³/mol. The van der Waals surface area contributed by atoms with Crippen LogP contribution in [0.3, 0.4) is 0 Å². The highest BCUT2D eigenvalue weighted by Crippen LogP contribution is 1.97. The van der Waals surface area contributed by atoms with Gasteiger partial charge in [-0.15, -0.1) is 4.48 Å². The van der Waals surface area contributed by atoms with E-state index in [1.54, 1.807) is 0 Å². The lowest BCUT2D eigenvalue weighted by molar-refractivity contribution is 0.353. The van der Waals surface area contributed by atoms with Crippen LogP contribution in [0.2, 0.25) is 0 Å². The lowest BCUT2D eigenvalue weighted by atomic mass is 10.2. The first-order valence-corrected chi connectivity index (χ1v) is 2.75. The molecule has 0 unspecified atom stereocenters. The zero-order valence-corrected chi connectivity index (χ0v) is 5.60. The van der Waals surface area contributed by atoms with Crippen LogP contribution in [-0.2, 0) is 0 Å². The standard InChI is InChI=1S/C7H10FNO/c1-3-7(5-9-8)4-6(2)10/h3-4,9-10H,1-2,5H2/b7-4+. The molecule has 0 amide bonds. The second kappa shape index (κ2) is 4.76. The van der Waals surface area contributed by atoms with E-state index in [-0.39, 0.29) is 12.3 Å². The Balaban J connectivity index is 4.03. The molecule has 2 nitrogen and oxygen atoms in total. The SMILES string of the molecule is C=C/C(=C\C(=C)O)CNF. The van der Waals surface area contributed by atoms with E-state index in [0.29, 0.717) is 5.57 Å². The third-order valence-corrected chi connectivity index (χ3v) is 0.885. The molecule has 0 aromatic carbocycles. The van der Waals surface area contributed by atoms with E-state index in [4.69, 9.17) is 5.11 Å². The van der Waals surface area contributed by atoms with E-state index >= 15 is 0 Å². The van der Waals surface area contributed by atoms with Crippen LogP contribution in [0.4, 0.5) is 4.48 Å². The molecule has 0 fully saturated rings. The molecule has 0 bridgehead atoms. The smallest absolute Gasteiger partial charge is 0.108 e. The van der Waals surface area contributed by atoms with Crippen LogP contribution in [0, 0.1) is 0 Å². The molecular weight excluding hydrogens is 133 g/mol. The first-order chi connectivity index (χ1) is 4.70. The number of hydrogen-bond donors (Lipinski definition) is 2. The maximum atomic E-state index is 11.4. The molecule has 0 spiro atoms. The third kappa shape index (κ3) is 3.86. The molecule has 2 N–H and O–H groups in total. The lowest BCUT2D eigenvalue weighted by Gasteiger charge is -1.95. The van der Waals surface area contributed by atoms with Gasteiger partial charge in [0.2, 0.25) is 0 Å². The molecule has 3 heteroatoms. The van der Waals surface area contributed by atoms with Crippen molar-refractivity contribution >= 4 is 0 Å². The summed E-state index contributed by atoms with van der Waals surface area (Å²) in [5.74, 6) is -0.106. The second-order valence-electron chi connectivity index (χ2n) is 1.73. The van der Waals surface area contributed by atoms with Crippen LogP contribution in [0.15, 0.2) is 36.6 Å². The number of aliphatic hydroxyl groups is 1. The molecule has 0 saturated carbocycles. The van der Waals surface area contributed by atoms with Gasteiger partial charge in [0.05, 0.1) is 6.54 Å². The van der Waals surface area contributed by atoms with E-state index in [1.165, 1.54) is 17.7 Å². The predicted octanol–water partition coefficient (Wildman–Crippen LogP) is 1.64.